The molecule has 6 nitrogen and oxygen atoms in total. The molecule has 4 aromatic rings. The monoisotopic (exact) mass is 438 g/mol. The third-order valence-electron chi connectivity index (χ3n) is 6.12. The molecule has 5 rings (SSSR count). The van der Waals surface area contributed by atoms with E-state index in [-0.39, 0.29) is 5.91 Å². The van der Waals surface area contributed by atoms with E-state index in [1.54, 1.807) is 6.33 Å². The molecule has 1 unspecified atom stereocenters. The Labute approximate surface area is 193 Å². The maximum atomic E-state index is 12.1. The fraction of sp³-hybridized carbons (Fsp3) is 0.222. The van der Waals surface area contributed by atoms with Crippen molar-refractivity contribution in [1.82, 2.24) is 19.4 Å². The summed E-state index contributed by atoms with van der Waals surface area (Å²) in [4.78, 5) is 23.1. The summed E-state index contributed by atoms with van der Waals surface area (Å²) in [6.07, 6.45) is 7.20. The van der Waals surface area contributed by atoms with Gasteiger partial charge >= 0.3 is 0 Å². The zero-order valence-electron chi connectivity index (χ0n) is 18.4. The number of para-hydroxylation sites is 1. The van der Waals surface area contributed by atoms with Crippen molar-refractivity contribution in [2.45, 2.75) is 19.4 Å². The van der Waals surface area contributed by atoms with Crippen molar-refractivity contribution in [3.63, 3.8) is 0 Å². The van der Waals surface area contributed by atoms with Gasteiger partial charge in [-0.2, -0.15) is 0 Å². The second-order valence-corrected chi connectivity index (χ2v) is 8.36. The molecule has 0 saturated carbocycles. The molecule has 1 aliphatic heterocycles. The first-order valence-electron chi connectivity index (χ1n) is 11.3. The molecule has 3 heterocycles. The number of nitrogens with zero attached hydrogens (tertiary/aromatic N) is 4. The first kappa shape index (κ1) is 20.9. The quantitative estimate of drug-likeness (QED) is 0.383. The predicted octanol–water partition coefficient (Wildman–Crippen LogP) is 5.32. The van der Waals surface area contributed by atoms with Crippen LogP contribution in [0.25, 0.3) is 22.3 Å². The topological polar surface area (TPSA) is 60.2 Å². The summed E-state index contributed by atoms with van der Waals surface area (Å²) in [5.74, 6) is 1.98. The number of piperidine rings is 1. The van der Waals surface area contributed by atoms with Crippen LogP contribution in [-0.4, -0.2) is 38.4 Å². The lowest BCUT2D eigenvalue weighted by atomic mass is 9.97. The lowest BCUT2D eigenvalue weighted by molar-refractivity contribution is -0.127. The van der Waals surface area contributed by atoms with Crippen molar-refractivity contribution < 1.29 is 9.53 Å². The van der Waals surface area contributed by atoms with Crippen molar-refractivity contribution in [1.29, 1.82) is 0 Å². The van der Waals surface area contributed by atoms with Gasteiger partial charge in [0.25, 0.3) is 0 Å². The number of amides is 1. The molecule has 1 amide bonds. The van der Waals surface area contributed by atoms with E-state index in [1.165, 1.54) is 6.08 Å². The lowest BCUT2D eigenvalue weighted by Gasteiger charge is -2.32. The minimum Gasteiger partial charge on any atom is -0.457 e. The number of fused-ring (bicyclic) bond motifs is 1. The molecule has 0 aliphatic carbocycles. The van der Waals surface area contributed by atoms with E-state index in [4.69, 9.17) is 4.74 Å². The summed E-state index contributed by atoms with van der Waals surface area (Å²) >= 11 is 0. The van der Waals surface area contributed by atoms with Gasteiger partial charge in [0, 0.05) is 31.4 Å². The average Bonchev–Trinajstić information content (AvgIpc) is 3.28. The van der Waals surface area contributed by atoms with E-state index in [2.05, 4.69) is 27.3 Å². The highest BCUT2D eigenvalue weighted by Crippen LogP contribution is 2.30. The Kier molecular flexibility index (Phi) is 5.89. The van der Waals surface area contributed by atoms with Gasteiger partial charge in [-0.05, 0) is 67.3 Å². The number of likely N-dealkylation sites (tertiary alicyclic amines) is 1. The van der Waals surface area contributed by atoms with Gasteiger partial charge in [-0.25, -0.2) is 9.97 Å². The molecule has 0 N–H and O–H groups in total. The number of hydrogen-bond acceptors (Lipinski definition) is 4. The van der Waals surface area contributed by atoms with Crippen molar-refractivity contribution >= 4 is 16.9 Å². The van der Waals surface area contributed by atoms with E-state index in [0.717, 1.165) is 66.3 Å². The van der Waals surface area contributed by atoms with Crippen molar-refractivity contribution in [2.24, 2.45) is 5.92 Å². The summed E-state index contributed by atoms with van der Waals surface area (Å²) < 4.78 is 8.16. The number of carbonyl (C=O) groups excluding carboxylic acids is 1. The molecule has 1 atom stereocenters. The minimum atomic E-state index is 0.0129. The van der Waals surface area contributed by atoms with Crippen LogP contribution in [0.15, 0.2) is 85.8 Å². The molecule has 1 saturated heterocycles. The number of hydrogen-bond donors (Lipinski definition) is 0. The van der Waals surface area contributed by atoms with Crippen LogP contribution in [0.4, 0.5) is 0 Å². The predicted molar refractivity (Wildman–Crippen MR) is 129 cm³/mol. The lowest BCUT2D eigenvalue weighted by Crippen LogP contribution is -2.40. The zero-order valence-corrected chi connectivity index (χ0v) is 18.4. The van der Waals surface area contributed by atoms with E-state index < -0.39 is 0 Å². The highest BCUT2D eigenvalue weighted by molar-refractivity contribution is 5.90. The Morgan fingerprint density at radius 3 is 2.64 bits per heavy atom. The Morgan fingerprint density at radius 2 is 1.85 bits per heavy atom. The highest BCUT2D eigenvalue weighted by atomic mass is 16.5. The van der Waals surface area contributed by atoms with Gasteiger partial charge in [0.2, 0.25) is 5.91 Å². The average molecular weight is 439 g/mol. The van der Waals surface area contributed by atoms with Crippen LogP contribution < -0.4 is 4.74 Å². The first-order chi connectivity index (χ1) is 16.2. The second kappa shape index (κ2) is 9.28. The molecule has 0 bridgehead atoms. The molecule has 33 heavy (non-hydrogen) atoms. The molecule has 2 aromatic carbocycles. The van der Waals surface area contributed by atoms with Crippen molar-refractivity contribution in [3.05, 3.63) is 85.8 Å². The van der Waals surface area contributed by atoms with Crippen LogP contribution in [0.5, 0.6) is 11.5 Å². The molecule has 0 spiro atoms. The maximum Gasteiger partial charge on any atom is 0.245 e. The van der Waals surface area contributed by atoms with Crippen molar-refractivity contribution in [2.75, 3.05) is 13.1 Å². The number of carbonyl (C=O) groups is 1. The standard InChI is InChI=1S/C27H26N4O2/c1-2-25(32)30-15-6-7-20(17-30)18-31-16-14-24-27(31)26(29-19-28-24)21-10-12-23(13-11-21)33-22-8-4-3-5-9-22/h2-5,8-14,16,19-20H,1,6-7,15,17-18H2. The van der Waals surface area contributed by atoms with Gasteiger partial charge in [-0.15, -0.1) is 0 Å². The van der Waals surface area contributed by atoms with Gasteiger partial charge in [0.15, 0.2) is 0 Å². The Bertz CT molecular complexity index is 1260. The van der Waals surface area contributed by atoms with Crippen LogP contribution >= 0.6 is 0 Å². The number of aromatic nitrogens is 3. The van der Waals surface area contributed by atoms with Crippen LogP contribution in [0, 0.1) is 5.92 Å². The highest BCUT2D eigenvalue weighted by Gasteiger charge is 2.23. The molecule has 1 fully saturated rings. The van der Waals surface area contributed by atoms with Crippen LogP contribution in [0.2, 0.25) is 0 Å². The molecular formula is C27H26N4O2. The van der Waals surface area contributed by atoms with Crippen LogP contribution in [0.1, 0.15) is 12.8 Å². The third-order valence-corrected chi connectivity index (χ3v) is 6.12. The SMILES string of the molecule is C=CC(=O)N1CCCC(Cn2ccc3ncnc(-c4ccc(Oc5ccccc5)cc4)c32)C1. The maximum absolute atomic E-state index is 12.1. The summed E-state index contributed by atoms with van der Waals surface area (Å²) in [6.45, 7) is 6.00. The number of ether oxygens (including phenoxy) is 1. The summed E-state index contributed by atoms with van der Waals surface area (Å²) in [7, 11) is 0. The Hall–Kier alpha value is -3.93. The number of benzene rings is 2. The molecular weight excluding hydrogens is 412 g/mol. The fourth-order valence-corrected chi connectivity index (χ4v) is 4.52. The first-order valence-corrected chi connectivity index (χ1v) is 11.3. The smallest absolute Gasteiger partial charge is 0.245 e. The molecule has 0 radical (unpaired) electrons. The molecule has 2 aromatic heterocycles. The van der Waals surface area contributed by atoms with Gasteiger partial charge in [-0.3, -0.25) is 4.79 Å². The van der Waals surface area contributed by atoms with Gasteiger partial charge in [-0.1, -0.05) is 24.8 Å². The zero-order chi connectivity index (χ0) is 22.6. The minimum absolute atomic E-state index is 0.0129. The molecule has 6 heteroatoms. The third kappa shape index (κ3) is 4.51. The Balaban J connectivity index is 1.40. The molecule has 1 aliphatic rings. The van der Waals surface area contributed by atoms with Crippen LogP contribution in [-0.2, 0) is 11.3 Å². The van der Waals surface area contributed by atoms with E-state index in [0.29, 0.717) is 5.92 Å². The fourth-order valence-electron chi connectivity index (χ4n) is 4.52. The van der Waals surface area contributed by atoms with Gasteiger partial charge in [0.05, 0.1) is 16.7 Å². The molecule has 166 valence electrons. The van der Waals surface area contributed by atoms with E-state index >= 15 is 0 Å². The largest absolute Gasteiger partial charge is 0.457 e. The van der Waals surface area contributed by atoms with Gasteiger partial charge < -0.3 is 14.2 Å². The van der Waals surface area contributed by atoms with E-state index in [9.17, 15) is 4.79 Å². The summed E-state index contributed by atoms with van der Waals surface area (Å²) in [5.41, 5.74) is 3.84. The number of rotatable bonds is 6. The van der Waals surface area contributed by atoms with Crippen molar-refractivity contribution in [3.8, 4) is 22.8 Å². The summed E-state index contributed by atoms with van der Waals surface area (Å²) in [6, 6.07) is 19.8. The summed E-state index contributed by atoms with van der Waals surface area (Å²) in [5, 5.41) is 0. The van der Waals surface area contributed by atoms with E-state index in [1.807, 2.05) is 65.6 Å². The second-order valence-electron chi connectivity index (χ2n) is 8.36. The normalized spacial score (nSPS) is 16.0. The van der Waals surface area contributed by atoms with Crippen LogP contribution in [0.3, 0.4) is 0 Å². The Morgan fingerprint density at radius 1 is 1.06 bits per heavy atom. The van der Waals surface area contributed by atoms with Gasteiger partial charge in [0.1, 0.15) is 17.8 Å².